The molecular weight excluding hydrogens is 400 g/mol. The highest BCUT2D eigenvalue weighted by molar-refractivity contribution is 7.99. The Bertz CT molecular complexity index is 844. The van der Waals surface area contributed by atoms with Crippen LogP contribution in [0.25, 0.3) is 0 Å². The van der Waals surface area contributed by atoms with Gasteiger partial charge in [0.1, 0.15) is 6.26 Å². The fourth-order valence-electron chi connectivity index (χ4n) is 3.85. The Hall–Kier alpha value is -2.29. The number of amides is 2. The maximum Gasteiger partial charge on any atom is 0.257 e. The van der Waals surface area contributed by atoms with Gasteiger partial charge < -0.3 is 14.6 Å². The first kappa shape index (κ1) is 21.0. The second-order valence-electron chi connectivity index (χ2n) is 7.72. The van der Waals surface area contributed by atoms with Crippen molar-refractivity contribution in [1.82, 2.24) is 14.7 Å². The van der Waals surface area contributed by atoms with Gasteiger partial charge in [-0.3, -0.25) is 19.4 Å². The molecule has 0 unspecified atom stereocenters. The molecule has 2 aliphatic rings. The van der Waals surface area contributed by atoms with Crippen molar-refractivity contribution in [2.75, 3.05) is 62.6 Å². The maximum absolute atomic E-state index is 12.5. The minimum Gasteiger partial charge on any atom is -0.472 e. The van der Waals surface area contributed by atoms with E-state index in [4.69, 9.17) is 4.42 Å². The highest BCUT2D eigenvalue weighted by Gasteiger charge is 2.23. The van der Waals surface area contributed by atoms with Gasteiger partial charge in [-0.05, 0) is 23.8 Å². The Morgan fingerprint density at radius 2 is 1.80 bits per heavy atom. The molecule has 3 heterocycles. The quantitative estimate of drug-likeness (QED) is 0.761. The average molecular weight is 429 g/mol. The van der Waals surface area contributed by atoms with Crippen molar-refractivity contribution in [3.05, 3.63) is 54.0 Å². The highest BCUT2D eigenvalue weighted by atomic mass is 32.2. The van der Waals surface area contributed by atoms with E-state index < -0.39 is 0 Å². The topological polar surface area (TPSA) is 69.0 Å². The smallest absolute Gasteiger partial charge is 0.257 e. The predicted octanol–water partition coefficient (Wildman–Crippen LogP) is 2.22. The molecule has 160 valence electrons. The number of anilines is 1. The third kappa shape index (κ3) is 5.65. The Morgan fingerprint density at radius 3 is 2.53 bits per heavy atom. The minimum atomic E-state index is -0.0175. The van der Waals surface area contributed by atoms with Crippen molar-refractivity contribution in [3.63, 3.8) is 0 Å². The molecule has 2 aromatic rings. The van der Waals surface area contributed by atoms with Crippen LogP contribution >= 0.6 is 11.8 Å². The fourth-order valence-corrected chi connectivity index (χ4v) is 4.83. The molecule has 7 nitrogen and oxygen atoms in total. The van der Waals surface area contributed by atoms with Gasteiger partial charge in [-0.1, -0.05) is 12.1 Å². The summed E-state index contributed by atoms with van der Waals surface area (Å²) in [5.41, 5.74) is 2.65. The SMILES string of the molecule is O=C(CN1CCN(C(=O)c2ccoc2)CC1)Nc1cccc(CN2CCSCC2)c1. The van der Waals surface area contributed by atoms with Crippen molar-refractivity contribution in [2.24, 2.45) is 0 Å². The number of rotatable bonds is 6. The number of carbonyl (C=O) groups excluding carboxylic acids is 2. The summed E-state index contributed by atoms with van der Waals surface area (Å²) in [7, 11) is 0. The number of nitrogens with one attached hydrogen (secondary N) is 1. The van der Waals surface area contributed by atoms with Crippen LogP contribution in [0.5, 0.6) is 0 Å². The largest absolute Gasteiger partial charge is 0.472 e. The van der Waals surface area contributed by atoms with E-state index in [-0.39, 0.29) is 11.8 Å². The summed E-state index contributed by atoms with van der Waals surface area (Å²) < 4.78 is 4.99. The zero-order valence-electron chi connectivity index (χ0n) is 17.1. The van der Waals surface area contributed by atoms with E-state index in [0.29, 0.717) is 38.3 Å². The Kier molecular flexibility index (Phi) is 7.09. The van der Waals surface area contributed by atoms with Crippen molar-refractivity contribution in [1.29, 1.82) is 0 Å². The van der Waals surface area contributed by atoms with Crippen LogP contribution in [0.15, 0.2) is 47.3 Å². The van der Waals surface area contributed by atoms with Crippen LogP contribution in [-0.2, 0) is 11.3 Å². The summed E-state index contributed by atoms with van der Waals surface area (Å²) in [4.78, 5) is 31.2. The molecule has 1 aromatic carbocycles. The van der Waals surface area contributed by atoms with Gasteiger partial charge in [-0.2, -0.15) is 11.8 Å². The zero-order valence-corrected chi connectivity index (χ0v) is 17.9. The predicted molar refractivity (Wildman–Crippen MR) is 119 cm³/mol. The molecule has 30 heavy (non-hydrogen) atoms. The third-order valence-electron chi connectivity index (χ3n) is 5.52. The number of carbonyl (C=O) groups is 2. The fraction of sp³-hybridized carbons (Fsp3) is 0.455. The van der Waals surface area contributed by atoms with Gasteiger partial charge in [-0.25, -0.2) is 0 Å². The minimum absolute atomic E-state index is 0.0167. The Labute approximate surface area is 181 Å². The lowest BCUT2D eigenvalue weighted by Crippen LogP contribution is -2.50. The molecule has 0 bridgehead atoms. The average Bonchev–Trinajstić information content (AvgIpc) is 3.30. The van der Waals surface area contributed by atoms with Crippen molar-refractivity contribution in [2.45, 2.75) is 6.54 Å². The Morgan fingerprint density at radius 1 is 1.00 bits per heavy atom. The molecule has 0 spiro atoms. The van der Waals surface area contributed by atoms with E-state index in [9.17, 15) is 9.59 Å². The summed E-state index contributed by atoms with van der Waals surface area (Å²) in [5.74, 6) is 2.35. The number of furan rings is 1. The summed E-state index contributed by atoms with van der Waals surface area (Å²) >= 11 is 2.01. The lowest BCUT2D eigenvalue weighted by atomic mass is 10.2. The molecule has 2 aliphatic heterocycles. The van der Waals surface area contributed by atoms with Gasteiger partial charge in [0.25, 0.3) is 5.91 Å². The first-order valence-corrected chi connectivity index (χ1v) is 11.6. The molecule has 0 aliphatic carbocycles. The number of benzene rings is 1. The molecule has 2 saturated heterocycles. The number of nitrogens with zero attached hydrogens (tertiary/aromatic N) is 3. The number of piperazine rings is 1. The van der Waals surface area contributed by atoms with Crippen molar-refractivity contribution >= 4 is 29.3 Å². The van der Waals surface area contributed by atoms with Gasteiger partial charge >= 0.3 is 0 Å². The number of hydrogen-bond donors (Lipinski definition) is 1. The standard InChI is InChI=1S/C22H28N4O3S/c27-21(16-24-5-7-26(8-6-24)22(28)19-4-11-29-17-19)23-20-3-1-2-18(14-20)15-25-9-12-30-13-10-25/h1-4,11,14,17H,5-10,12-13,15-16H2,(H,23,27). The third-order valence-corrected chi connectivity index (χ3v) is 6.46. The van der Waals surface area contributed by atoms with Crippen LogP contribution in [-0.4, -0.2) is 83.8 Å². The van der Waals surface area contributed by atoms with Gasteiger partial charge in [0.2, 0.25) is 5.91 Å². The summed E-state index contributed by atoms with van der Waals surface area (Å²) in [6, 6.07) is 9.81. The maximum atomic E-state index is 12.5. The van der Waals surface area contributed by atoms with Crippen LogP contribution < -0.4 is 5.32 Å². The van der Waals surface area contributed by atoms with E-state index in [1.807, 2.05) is 28.8 Å². The van der Waals surface area contributed by atoms with E-state index in [1.165, 1.54) is 29.6 Å². The van der Waals surface area contributed by atoms with E-state index in [0.717, 1.165) is 25.3 Å². The molecule has 0 atom stereocenters. The number of thioether (sulfide) groups is 1. The molecule has 2 fully saturated rings. The summed E-state index contributed by atoms with van der Waals surface area (Å²) in [6.07, 6.45) is 2.98. The van der Waals surface area contributed by atoms with E-state index in [1.54, 1.807) is 6.07 Å². The van der Waals surface area contributed by atoms with Crippen molar-refractivity contribution < 1.29 is 14.0 Å². The molecule has 1 N–H and O–H groups in total. The van der Waals surface area contributed by atoms with Crippen LogP contribution in [0, 0.1) is 0 Å². The van der Waals surface area contributed by atoms with E-state index >= 15 is 0 Å². The summed E-state index contributed by atoms with van der Waals surface area (Å²) in [6.45, 7) is 6.10. The molecule has 2 amide bonds. The first-order valence-electron chi connectivity index (χ1n) is 10.4. The molecular formula is C22H28N4O3S. The molecule has 4 rings (SSSR count). The lowest BCUT2D eigenvalue weighted by Gasteiger charge is -2.34. The van der Waals surface area contributed by atoms with Crippen LogP contribution in [0.1, 0.15) is 15.9 Å². The molecule has 8 heteroatoms. The summed E-state index contributed by atoms with van der Waals surface area (Å²) in [5, 5.41) is 3.03. The van der Waals surface area contributed by atoms with Crippen LogP contribution in [0.3, 0.4) is 0 Å². The van der Waals surface area contributed by atoms with E-state index in [2.05, 4.69) is 27.2 Å². The molecule has 1 aromatic heterocycles. The van der Waals surface area contributed by atoms with Crippen molar-refractivity contribution in [3.8, 4) is 0 Å². The van der Waals surface area contributed by atoms with Crippen LogP contribution in [0.4, 0.5) is 5.69 Å². The second kappa shape index (κ2) is 10.1. The Balaban J connectivity index is 1.23. The molecule has 0 radical (unpaired) electrons. The highest BCUT2D eigenvalue weighted by Crippen LogP contribution is 2.16. The van der Waals surface area contributed by atoms with Gasteiger partial charge in [0.15, 0.2) is 0 Å². The van der Waals surface area contributed by atoms with Gasteiger partial charge in [-0.15, -0.1) is 0 Å². The van der Waals surface area contributed by atoms with Gasteiger partial charge in [0.05, 0.1) is 18.4 Å². The lowest BCUT2D eigenvalue weighted by molar-refractivity contribution is -0.117. The first-order chi connectivity index (χ1) is 14.7. The normalized spacial score (nSPS) is 18.3. The monoisotopic (exact) mass is 428 g/mol. The second-order valence-corrected chi connectivity index (χ2v) is 8.94. The van der Waals surface area contributed by atoms with Crippen LogP contribution in [0.2, 0.25) is 0 Å². The van der Waals surface area contributed by atoms with Gasteiger partial charge in [0, 0.05) is 63.0 Å². The zero-order chi connectivity index (χ0) is 20.8. The number of hydrogen-bond acceptors (Lipinski definition) is 6. The molecule has 0 saturated carbocycles.